The lowest BCUT2D eigenvalue weighted by atomic mass is 9.70. The van der Waals surface area contributed by atoms with Gasteiger partial charge in [-0.25, -0.2) is 15.0 Å². The lowest BCUT2D eigenvalue weighted by Crippen LogP contribution is -2.25. The highest BCUT2D eigenvalue weighted by atomic mass is 15.0. The third-order valence-corrected chi connectivity index (χ3v) is 13.6. The van der Waals surface area contributed by atoms with Gasteiger partial charge in [0.2, 0.25) is 0 Å². The Kier molecular flexibility index (Phi) is 10.1. The van der Waals surface area contributed by atoms with Gasteiger partial charge in [-0.1, -0.05) is 207 Å². The summed E-state index contributed by atoms with van der Waals surface area (Å²) in [6.45, 7) is 6.25. The molecule has 1 heterocycles. The molecule has 2 aliphatic rings. The molecule has 10 aromatic rings. The van der Waals surface area contributed by atoms with Crippen molar-refractivity contribution in [3.63, 3.8) is 0 Å². The molecule has 2 aliphatic carbocycles. The molecule has 0 N–H and O–H groups in total. The maximum absolute atomic E-state index is 5.48. The van der Waals surface area contributed by atoms with E-state index in [-0.39, 0.29) is 0 Å². The number of benzene rings is 9. The molecular weight excluding hydrogens is 823 g/mol. The molecule has 9 aromatic carbocycles. The van der Waals surface area contributed by atoms with Crippen molar-refractivity contribution in [2.75, 3.05) is 0 Å². The van der Waals surface area contributed by atoms with Crippen LogP contribution in [0, 0.1) is 0 Å². The third kappa shape index (κ3) is 6.79. The molecule has 0 unspecified atom stereocenters. The molecule has 3 nitrogen and oxygen atoms in total. The third-order valence-electron chi connectivity index (χ3n) is 13.6. The molecule has 0 amide bonds. The van der Waals surface area contributed by atoms with Crippen LogP contribution in [0.5, 0.6) is 0 Å². The summed E-state index contributed by atoms with van der Waals surface area (Å²) in [6.07, 6.45) is 8.10. The molecule has 68 heavy (non-hydrogen) atoms. The van der Waals surface area contributed by atoms with Crippen molar-refractivity contribution in [1.82, 2.24) is 15.0 Å². The zero-order valence-electron chi connectivity index (χ0n) is 37.6. The summed E-state index contributed by atoms with van der Waals surface area (Å²) in [5.41, 5.74) is 20.9. The molecule has 1 spiro atoms. The van der Waals surface area contributed by atoms with Crippen LogP contribution in [0.1, 0.15) is 34.7 Å². The Bertz CT molecular complexity index is 3520. The molecule has 0 fully saturated rings. The van der Waals surface area contributed by atoms with Crippen LogP contribution in [0.4, 0.5) is 0 Å². The topological polar surface area (TPSA) is 38.7 Å². The standard InChI is InChI=1S/C65H45N3/c1-3-5-21-43(4-2)48-36-49(44-22-9-6-10-23-44)39-52(38-48)63-66-62(67-64(68-63)53-40-50(45-24-11-7-12-25-45)37-51(41-53)46-26-13-8-14-27-46)47-34-35-57-56-30-17-20-33-60(56)65(61(57)42-47)58-31-18-15-28-54(58)55-29-16-19-32-59(55)65/h3-42H,2H2,1H3/b5-3-,43-21+. The van der Waals surface area contributed by atoms with E-state index < -0.39 is 5.41 Å². The van der Waals surface area contributed by atoms with Gasteiger partial charge in [0.1, 0.15) is 0 Å². The Hall–Kier alpha value is -8.79. The average Bonchev–Trinajstić information content (AvgIpc) is 3.88. The van der Waals surface area contributed by atoms with Gasteiger partial charge in [-0.05, 0) is 138 Å². The predicted molar refractivity (Wildman–Crippen MR) is 282 cm³/mol. The fourth-order valence-electron chi connectivity index (χ4n) is 10.6. The van der Waals surface area contributed by atoms with Gasteiger partial charge < -0.3 is 0 Å². The number of nitrogens with zero attached hydrogens (tertiary/aromatic N) is 3. The molecule has 12 rings (SSSR count). The Morgan fingerprint density at radius 2 is 0.750 bits per heavy atom. The van der Waals surface area contributed by atoms with Gasteiger partial charge in [0.05, 0.1) is 5.41 Å². The maximum atomic E-state index is 5.48. The van der Waals surface area contributed by atoms with Gasteiger partial charge in [0.15, 0.2) is 17.5 Å². The summed E-state index contributed by atoms with van der Waals surface area (Å²) < 4.78 is 0. The highest BCUT2D eigenvalue weighted by Crippen LogP contribution is 2.63. The zero-order chi connectivity index (χ0) is 45.6. The van der Waals surface area contributed by atoms with Gasteiger partial charge in [-0.15, -0.1) is 0 Å². The Labute approximate surface area is 397 Å². The molecule has 0 bridgehead atoms. The second kappa shape index (κ2) is 16.9. The van der Waals surface area contributed by atoms with E-state index in [1.807, 2.05) is 19.1 Å². The summed E-state index contributed by atoms with van der Waals surface area (Å²) in [5, 5.41) is 0. The van der Waals surface area contributed by atoms with Crippen LogP contribution in [0.25, 0.3) is 95.4 Å². The number of allylic oxidation sites excluding steroid dienone is 5. The van der Waals surface area contributed by atoms with E-state index in [1.165, 1.54) is 44.5 Å². The highest BCUT2D eigenvalue weighted by molar-refractivity contribution is 5.96. The van der Waals surface area contributed by atoms with Gasteiger partial charge in [-0.2, -0.15) is 0 Å². The summed E-state index contributed by atoms with van der Waals surface area (Å²) in [7, 11) is 0. The molecule has 0 radical (unpaired) electrons. The normalized spacial score (nSPS) is 13.0. The molecular formula is C65H45N3. The van der Waals surface area contributed by atoms with E-state index in [9.17, 15) is 0 Å². The van der Waals surface area contributed by atoms with Crippen molar-refractivity contribution in [1.29, 1.82) is 0 Å². The predicted octanol–water partition coefficient (Wildman–Crippen LogP) is 16.4. The van der Waals surface area contributed by atoms with Crippen LogP contribution in [0.3, 0.4) is 0 Å². The van der Waals surface area contributed by atoms with Gasteiger partial charge in [0, 0.05) is 16.7 Å². The van der Waals surface area contributed by atoms with Crippen molar-refractivity contribution < 1.29 is 0 Å². The first kappa shape index (κ1) is 40.7. The number of hydrogen-bond acceptors (Lipinski definition) is 3. The highest BCUT2D eigenvalue weighted by Gasteiger charge is 2.51. The van der Waals surface area contributed by atoms with Gasteiger partial charge >= 0.3 is 0 Å². The van der Waals surface area contributed by atoms with E-state index in [2.05, 4.69) is 237 Å². The van der Waals surface area contributed by atoms with Crippen molar-refractivity contribution in [3.05, 3.63) is 277 Å². The molecule has 3 heteroatoms. The monoisotopic (exact) mass is 867 g/mol. The van der Waals surface area contributed by atoms with Crippen molar-refractivity contribution in [2.24, 2.45) is 0 Å². The second-order valence-corrected chi connectivity index (χ2v) is 17.5. The number of rotatable bonds is 9. The Morgan fingerprint density at radius 3 is 1.22 bits per heavy atom. The smallest absolute Gasteiger partial charge is 0.164 e. The minimum atomic E-state index is -0.512. The fraction of sp³-hybridized carbons (Fsp3) is 0.0308. The van der Waals surface area contributed by atoms with Crippen molar-refractivity contribution in [2.45, 2.75) is 12.3 Å². The summed E-state index contributed by atoms with van der Waals surface area (Å²) in [6, 6.07) is 78.5. The number of hydrogen-bond donors (Lipinski definition) is 0. The minimum absolute atomic E-state index is 0.512. The largest absolute Gasteiger partial charge is 0.208 e. The quantitative estimate of drug-likeness (QED) is 0.136. The van der Waals surface area contributed by atoms with Crippen molar-refractivity contribution >= 4 is 5.57 Å². The summed E-state index contributed by atoms with van der Waals surface area (Å²) in [5.74, 6) is 1.78. The molecule has 0 saturated carbocycles. The molecule has 0 atom stereocenters. The SMILES string of the molecule is C=C/C(=C\C=C/C)c1cc(-c2ccccc2)cc(-c2nc(-c3cc(-c4ccccc4)cc(-c4ccccc4)c3)nc(-c3ccc4c(c3)C3(c5ccccc5-c5ccccc53)c3ccccc3-4)n2)c1. The maximum Gasteiger partial charge on any atom is 0.164 e. The van der Waals surface area contributed by atoms with Crippen LogP contribution < -0.4 is 0 Å². The lowest BCUT2D eigenvalue weighted by molar-refractivity contribution is 0.794. The Morgan fingerprint density at radius 1 is 0.368 bits per heavy atom. The van der Waals surface area contributed by atoms with Crippen LogP contribution in [0.15, 0.2) is 249 Å². The average molecular weight is 868 g/mol. The van der Waals surface area contributed by atoms with Crippen molar-refractivity contribution in [3.8, 4) is 89.8 Å². The lowest BCUT2D eigenvalue weighted by Gasteiger charge is -2.30. The summed E-state index contributed by atoms with van der Waals surface area (Å²) in [4.78, 5) is 16.4. The first-order valence-electron chi connectivity index (χ1n) is 23.2. The molecule has 0 aliphatic heterocycles. The first-order chi connectivity index (χ1) is 33.6. The van der Waals surface area contributed by atoms with Crippen LogP contribution >= 0.6 is 0 Å². The number of aromatic nitrogens is 3. The van der Waals surface area contributed by atoms with E-state index in [1.54, 1.807) is 0 Å². The van der Waals surface area contributed by atoms with E-state index in [4.69, 9.17) is 15.0 Å². The first-order valence-corrected chi connectivity index (χ1v) is 23.2. The van der Waals surface area contributed by atoms with E-state index in [0.717, 1.165) is 61.2 Å². The Balaban J connectivity index is 1.13. The van der Waals surface area contributed by atoms with Gasteiger partial charge in [0.25, 0.3) is 0 Å². The molecule has 320 valence electrons. The zero-order valence-corrected chi connectivity index (χ0v) is 37.6. The molecule has 0 saturated heterocycles. The fourth-order valence-corrected chi connectivity index (χ4v) is 10.6. The van der Waals surface area contributed by atoms with Crippen LogP contribution in [0.2, 0.25) is 0 Å². The number of fused-ring (bicyclic) bond motifs is 10. The second-order valence-electron chi connectivity index (χ2n) is 17.5. The molecule has 1 aromatic heterocycles. The van der Waals surface area contributed by atoms with E-state index >= 15 is 0 Å². The van der Waals surface area contributed by atoms with Gasteiger partial charge in [-0.3, -0.25) is 0 Å². The van der Waals surface area contributed by atoms with Crippen LogP contribution in [-0.4, -0.2) is 15.0 Å². The van der Waals surface area contributed by atoms with E-state index in [0.29, 0.717) is 17.5 Å². The summed E-state index contributed by atoms with van der Waals surface area (Å²) >= 11 is 0. The van der Waals surface area contributed by atoms with Crippen LogP contribution in [-0.2, 0) is 5.41 Å². The minimum Gasteiger partial charge on any atom is -0.208 e.